The topological polar surface area (TPSA) is 0 Å². The van der Waals surface area contributed by atoms with Crippen LogP contribution in [-0.4, -0.2) is 5.88 Å². The highest BCUT2D eigenvalue weighted by Gasteiger charge is 2.28. The van der Waals surface area contributed by atoms with Gasteiger partial charge in [-0.2, -0.15) is 0 Å². The molecule has 1 rings (SSSR count). The number of halogens is 1. The van der Waals surface area contributed by atoms with Crippen LogP contribution in [0.15, 0.2) is 30.3 Å². The van der Waals surface area contributed by atoms with Crippen LogP contribution in [-0.2, 0) is 5.41 Å². The van der Waals surface area contributed by atoms with Crippen molar-refractivity contribution in [2.45, 2.75) is 51.9 Å². The number of hydrogen-bond donors (Lipinski definition) is 0. The first-order valence-electron chi connectivity index (χ1n) is 6.76. The van der Waals surface area contributed by atoms with E-state index in [1.807, 2.05) is 0 Å². The molecule has 0 bridgehead atoms. The third kappa shape index (κ3) is 4.03. The third-order valence-corrected chi connectivity index (χ3v) is 4.27. The lowest BCUT2D eigenvalue weighted by Crippen LogP contribution is -2.27. The molecule has 0 N–H and O–H groups in total. The van der Waals surface area contributed by atoms with E-state index in [4.69, 9.17) is 11.6 Å². The molecule has 1 unspecified atom stereocenters. The van der Waals surface area contributed by atoms with E-state index in [1.54, 1.807) is 0 Å². The normalized spacial score (nSPS) is 14.9. The van der Waals surface area contributed by atoms with E-state index >= 15 is 0 Å². The number of hydrogen-bond acceptors (Lipinski definition) is 0. The molecule has 1 atom stereocenters. The van der Waals surface area contributed by atoms with E-state index < -0.39 is 0 Å². The van der Waals surface area contributed by atoms with Crippen LogP contribution in [0.1, 0.15) is 52.0 Å². The summed E-state index contributed by atoms with van der Waals surface area (Å²) in [7, 11) is 0. The Kier molecular flexibility index (Phi) is 6.05. The molecule has 0 aromatic heterocycles. The van der Waals surface area contributed by atoms with Crippen molar-refractivity contribution >= 4 is 11.6 Å². The summed E-state index contributed by atoms with van der Waals surface area (Å²) >= 11 is 6.27. The van der Waals surface area contributed by atoms with Gasteiger partial charge < -0.3 is 0 Å². The minimum Gasteiger partial charge on any atom is -0.126 e. The Labute approximate surface area is 111 Å². The number of benzene rings is 1. The van der Waals surface area contributed by atoms with Crippen molar-refractivity contribution < 1.29 is 0 Å². The average Bonchev–Trinajstić information content (AvgIpc) is 2.36. The van der Waals surface area contributed by atoms with E-state index in [2.05, 4.69) is 51.1 Å². The number of alkyl halides is 1. The van der Waals surface area contributed by atoms with Gasteiger partial charge in [0.15, 0.2) is 0 Å². The highest BCUT2D eigenvalue weighted by atomic mass is 35.5. The molecule has 0 heterocycles. The molecule has 0 fully saturated rings. The Hall–Kier alpha value is -0.490. The van der Waals surface area contributed by atoms with Crippen LogP contribution >= 0.6 is 11.6 Å². The molecule has 1 aromatic carbocycles. The quantitative estimate of drug-likeness (QED) is 0.570. The first kappa shape index (κ1) is 14.6. The molecule has 0 amide bonds. The van der Waals surface area contributed by atoms with Gasteiger partial charge in [-0.25, -0.2) is 0 Å². The van der Waals surface area contributed by atoms with Gasteiger partial charge in [-0.05, 0) is 24.3 Å². The zero-order chi connectivity index (χ0) is 12.7. The molecule has 1 aromatic rings. The molecular weight excluding hydrogens is 228 g/mol. The standard InChI is InChI=1S/C16H25Cl/c1-4-16(13-17,12-8-9-14(2)3)15-10-6-5-7-11-15/h5-7,10-11,14H,4,8-9,12-13H2,1-3H3. The Morgan fingerprint density at radius 1 is 1.18 bits per heavy atom. The van der Waals surface area contributed by atoms with Crippen LogP contribution in [0.2, 0.25) is 0 Å². The summed E-state index contributed by atoms with van der Waals surface area (Å²) in [6.07, 6.45) is 4.90. The van der Waals surface area contributed by atoms with Crippen LogP contribution in [0, 0.1) is 5.92 Å². The monoisotopic (exact) mass is 252 g/mol. The summed E-state index contributed by atoms with van der Waals surface area (Å²) in [6.45, 7) is 6.83. The molecular formula is C16H25Cl. The summed E-state index contributed by atoms with van der Waals surface area (Å²) in [5.74, 6) is 1.52. The van der Waals surface area contributed by atoms with Crippen molar-refractivity contribution in [2.75, 3.05) is 5.88 Å². The van der Waals surface area contributed by atoms with Gasteiger partial charge in [-0.1, -0.05) is 63.9 Å². The second-order valence-electron chi connectivity index (χ2n) is 5.42. The van der Waals surface area contributed by atoms with E-state index in [-0.39, 0.29) is 5.41 Å². The van der Waals surface area contributed by atoms with E-state index in [0.29, 0.717) is 0 Å². The fraction of sp³-hybridized carbons (Fsp3) is 0.625. The molecule has 0 aliphatic rings. The van der Waals surface area contributed by atoms with Crippen LogP contribution in [0.5, 0.6) is 0 Å². The molecule has 0 nitrogen and oxygen atoms in total. The summed E-state index contributed by atoms with van der Waals surface area (Å²) < 4.78 is 0. The maximum absolute atomic E-state index is 6.27. The molecule has 96 valence electrons. The highest BCUT2D eigenvalue weighted by molar-refractivity contribution is 6.18. The summed E-state index contributed by atoms with van der Waals surface area (Å²) in [4.78, 5) is 0. The summed E-state index contributed by atoms with van der Waals surface area (Å²) in [5.41, 5.74) is 1.58. The zero-order valence-corrected chi connectivity index (χ0v) is 12.1. The van der Waals surface area contributed by atoms with Crippen molar-refractivity contribution in [2.24, 2.45) is 5.92 Å². The average molecular weight is 253 g/mol. The van der Waals surface area contributed by atoms with Gasteiger partial charge in [-0.3, -0.25) is 0 Å². The minimum atomic E-state index is 0.178. The van der Waals surface area contributed by atoms with Crippen molar-refractivity contribution in [1.82, 2.24) is 0 Å². The van der Waals surface area contributed by atoms with Gasteiger partial charge in [0.2, 0.25) is 0 Å². The van der Waals surface area contributed by atoms with Gasteiger partial charge in [0.25, 0.3) is 0 Å². The summed E-state index contributed by atoms with van der Waals surface area (Å²) in [5, 5.41) is 0. The van der Waals surface area contributed by atoms with Gasteiger partial charge >= 0.3 is 0 Å². The largest absolute Gasteiger partial charge is 0.126 e. The summed E-state index contributed by atoms with van der Waals surface area (Å²) in [6, 6.07) is 10.8. The third-order valence-electron chi connectivity index (χ3n) is 3.76. The smallest absolute Gasteiger partial charge is 0.0320 e. The Bertz CT molecular complexity index is 299. The Morgan fingerprint density at radius 2 is 1.82 bits per heavy atom. The Balaban J connectivity index is 2.75. The van der Waals surface area contributed by atoms with Crippen LogP contribution in [0.25, 0.3) is 0 Å². The first-order valence-corrected chi connectivity index (χ1v) is 7.29. The lowest BCUT2D eigenvalue weighted by Gasteiger charge is -2.31. The van der Waals surface area contributed by atoms with Gasteiger partial charge in [0.1, 0.15) is 0 Å². The SMILES string of the molecule is CCC(CCl)(CCCC(C)C)c1ccccc1. The second kappa shape index (κ2) is 7.06. The predicted molar refractivity (Wildman–Crippen MR) is 77.8 cm³/mol. The van der Waals surface area contributed by atoms with Crippen molar-refractivity contribution in [3.63, 3.8) is 0 Å². The van der Waals surface area contributed by atoms with E-state index in [0.717, 1.165) is 18.2 Å². The minimum absolute atomic E-state index is 0.178. The van der Waals surface area contributed by atoms with E-state index in [1.165, 1.54) is 24.8 Å². The van der Waals surface area contributed by atoms with Crippen molar-refractivity contribution in [1.29, 1.82) is 0 Å². The van der Waals surface area contributed by atoms with Crippen molar-refractivity contribution in [3.05, 3.63) is 35.9 Å². The van der Waals surface area contributed by atoms with Gasteiger partial charge in [0.05, 0.1) is 0 Å². The highest BCUT2D eigenvalue weighted by Crippen LogP contribution is 2.35. The molecule has 17 heavy (non-hydrogen) atoms. The number of rotatable bonds is 7. The van der Waals surface area contributed by atoms with Gasteiger partial charge in [0, 0.05) is 11.3 Å². The zero-order valence-electron chi connectivity index (χ0n) is 11.4. The molecule has 0 aliphatic carbocycles. The maximum Gasteiger partial charge on any atom is 0.0320 e. The molecule has 0 saturated carbocycles. The van der Waals surface area contributed by atoms with Crippen LogP contribution < -0.4 is 0 Å². The molecule has 1 heteroatoms. The maximum atomic E-state index is 6.27. The lowest BCUT2D eigenvalue weighted by atomic mass is 9.75. The first-order chi connectivity index (χ1) is 8.14. The second-order valence-corrected chi connectivity index (χ2v) is 5.69. The van der Waals surface area contributed by atoms with Gasteiger partial charge in [-0.15, -0.1) is 11.6 Å². The molecule has 0 aliphatic heterocycles. The van der Waals surface area contributed by atoms with Crippen LogP contribution in [0.3, 0.4) is 0 Å². The fourth-order valence-corrected chi connectivity index (χ4v) is 2.88. The lowest BCUT2D eigenvalue weighted by molar-refractivity contribution is 0.387. The molecule has 0 saturated heterocycles. The van der Waals surface area contributed by atoms with Crippen molar-refractivity contribution in [3.8, 4) is 0 Å². The molecule has 0 radical (unpaired) electrons. The Morgan fingerprint density at radius 3 is 2.29 bits per heavy atom. The fourth-order valence-electron chi connectivity index (χ4n) is 2.40. The van der Waals surface area contributed by atoms with E-state index in [9.17, 15) is 0 Å². The predicted octanol–water partition coefficient (Wildman–Crippen LogP) is 5.40. The molecule has 0 spiro atoms. The van der Waals surface area contributed by atoms with Crippen LogP contribution in [0.4, 0.5) is 0 Å².